The van der Waals surface area contributed by atoms with E-state index in [-0.39, 0.29) is 26.7 Å². The maximum absolute atomic E-state index is 11.3. The molecule has 0 heterocycles. The standard InChI is InChI=1S/C3H4F4O.2C2H2F4.3C2H4F2.4C2H5F.3CH2F2.CH3F/c1-2(4)8-3(5,6)7;2*3-1-2(4,5)6;3*3-1-2-4;4*1-2-3;3*2-1-3;1-2/h2H,1H3;2*1H2;3*1-2H2;4*2H2,1H3;3*1H2;1H3. The molecule has 55 heavy (non-hydrogen) atoms. The molecule has 0 aliphatic heterocycles. The number of hydrogen-bond acceptors (Lipinski definition) is 1. The average Bonchev–Trinajstić information content (AvgIpc) is 3.07. The van der Waals surface area contributed by atoms with Crippen LogP contribution in [0.4, 0.5) is 127 Å². The molecular formula is C25H49F29O. The van der Waals surface area contributed by atoms with Gasteiger partial charge in [0.1, 0.15) is 40.0 Å². The molecule has 0 aromatic rings. The maximum atomic E-state index is 11.3. The van der Waals surface area contributed by atoms with Crippen molar-refractivity contribution < 1.29 is 132 Å². The first-order chi connectivity index (χ1) is 25.2. The fraction of sp³-hybridized carbons (Fsp3) is 1.00. The maximum Gasteiger partial charge on any atom is 0.524 e. The van der Waals surface area contributed by atoms with Crippen LogP contribution in [0.25, 0.3) is 0 Å². The minimum atomic E-state index is -4.85. The van der Waals surface area contributed by atoms with Crippen LogP contribution in [-0.2, 0) is 4.74 Å². The summed E-state index contributed by atoms with van der Waals surface area (Å²) in [7, 11) is 0.500. The highest BCUT2D eigenvalue weighted by molar-refractivity contribution is 4.40. The average molecular weight is 917 g/mol. The third-order valence-corrected chi connectivity index (χ3v) is 0.813. The van der Waals surface area contributed by atoms with E-state index in [1.807, 2.05) is 0 Å². The minimum Gasteiger partial charge on any atom is -0.257 e. The lowest BCUT2D eigenvalue weighted by Crippen LogP contribution is -2.17. The van der Waals surface area contributed by atoms with Crippen molar-refractivity contribution >= 4 is 0 Å². The monoisotopic (exact) mass is 916 g/mol. The molecule has 0 aliphatic carbocycles. The topological polar surface area (TPSA) is 9.23 Å². The van der Waals surface area contributed by atoms with Gasteiger partial charge < -0.3 is 0 Å². The summed E-state index contributed by atoms with van der Waals surface area (Å²) >= 11 is 0. The lowest BCUT2D eigenvalue weighted by molar-refractivity contribution is -0.357. The molecule has 0 radical (unpaired) electrons. The van der Waals surface area contributed by atoms with Gasteiger partial charge in [0.2, 0.25) is 27.1 Å². The SMILES string of the molecule is CC(F)OC(F)(F)F.CCF.CCF.CCF.CCF.CF.FCC(F)(F)F.FCC(F)(F)F.FCCF.FCCF.FCCF.FCF.FCF.FCF. The van der Waals surface area contributed by atoms with Gasteiger partial charge in [0.05, 0.1) is 33.9 Å². The molecule has 0 N–H and O–H groups in total. The van der Waals surface area contributed by atoms with Gasteiger partial charge in [0.25, 0.3) is 0 Å². The summed E-state index contributed by atoms with van der Waals surface area (Å²) in [5.74, 6) is 0. The fourth-order valence-corrected chi connectivity index (χ4v) is 0.184. The Balaban J connectivity index is -0.0000000279. The molecule has 1 atom stereocenters. The van der Waals surface area contributed by atoms with E-state index in [4.69, 9.17) is 0 Å². The van der Waals surface area contributed by atoms with Gasteiger partial charge in [-0.2, -0.15) is 26.3 Å². The normalized spacial score (nSPS) is 9.00. The van der Waals surface area contributed by atoms with Crippen LogP contribution in [0, 0.1) is 0 Å². The molecule has 0 bridgehead atoms. The highest BCUT2D eigenvalue weighted by Gasteiger charge is 2.31. The van der Waals surface area contributed by atoms with Gasteiger partial charge in [0, 0.05) is 0 Å². The summed E-state index contributed by atoms with van der Waals surface area (Å²) < 4.78 is 300. The number of ether oxygens (including phenoxy) is 1. The molecule has 0 aliphatic rings. The molecular weight excluding hydrogens is 867 g/mol. The summed E-state index contributed by atoms with van der Waals surface area (Å²) in [4.78, 5) is 0. The van der Waals surface area contributed by atoms with Crippen LogP contribution in [0.5, 0.6) is 0 Å². The quantitative estimate of drug-likeness (QED) is 0.255. The van der Waals surface area contributed by atoms with Gasteiger partial charge in [-0.3, -0.25) is 26.7 Å². The number of hydrogen-bond donors (Lipinski definition) is 0. The van der Waals surface area contributed by atoms with E-state index in [2.05, 4.69) is 4.74 Å². The van der Waals surface area contributed by atoms with Gasteiger partial charge in [0.15, 0.2) is 13.3 Å². The first-order valence-corrected chi connectivity index (χ1v) is 13.2. The first kappa shape index (κ1) is 94.2. The molecule has 0 amide bonds. The molecule has 0 saturated carbocycles. The zero-order chi connectivity index (χ0) is 48.4. The Morgan fingerprint density at radius 2 is 0.455 bits per heavy atom. The highest BCUT2D eigenvalue weighted by Crippen LogP contribution is 2.18. The Bertz CT molecular complexity index is 367. The molecule has 0 saturated heterocycles. The van der Waals surface area contributed by atoms with E-state index in [1.54, 1.807) is 0 Å². The van der Waals surface area contributed by atoms with Crippen molar-refractivity contribution in [3.63, 3.8) is 0 Å². The number of alkyl halides is 29. The molecule has 358 valence electrons. The zero-order valence-electron chi connectivity index (χ0n) is 30.1. The predicted molar refractivity (Wildman–Crippen MR) is 152 cm³/mol. The number of rotatable bonds is 4. The van der Waals surface area contributed by atoms with Crippen molar-refractivity contribution in [3.8, 4) is 0 Å². The fourth-order valence-electron chi connectivity index (χ4n) is 0.184. The molecule has 0 rings (SSSR count). The Hall–Kier alpha value is -2.07. The Kier molecular flexibility index (Phi) is 189. The van der Waals surface area contributed by atoms with E-state index in [9.17, 15) is 127 Å². The lowest BCUT2D eigenvalue weighted by Gasteiger charge is -2.06. The second kappa shape index (κ2) is 110. The van der Waals surface area contributed by atoms with Gasteiger partial charge in [-0.15, -0.1) is 13.2 Å². The minimum absolute atomic E-state index is 0.250. The second-order valence-electron chi connectivity index (χ2n) is 5.11. The highest BCUT2D eigenvalue weighted by atomic mass is 19.4. The van der Waals surface area contributed by atoms with Gasteiger partial charge in [-0.1, -0.05) is 0 Å². The van der Waals surface area contributed by atoms with E-state index in [0.29, 0.717) is 14.1 Å². The Morgan fingerprint density at radius 1 is 0.364 bits per heavy atom. The summed E-state index contributed by atoms with van der Waals surface area (Å²) in [5, 5.41) is 0. The molecule has 0 spiro atoms. The third kappa shape index (κ3) is 910. The van der Waals surface area contributed by atoms with E-state index >= 15 is 0 Å². The van der Waals surface area contributed by atoms with Gasteiger partial charge >= 0.3 is 18.7 Å². The van der Waals surface area contributed by atoms with Crippen LogP contribution in [0.3, 0.4) is 0 Å². The van der Waals surface area contributed by atoms with Crippen LogP contribution >= 0.6 is 0 Å². The van der Waals surface area contributed by atoms with Crippen LogP contribution in [0.15, 0.2) is 0 Å². The largest absolute Gasteiger partial charge is 0.524 e. The van der Waals surface area contributed by atoms with Crippen molar-refractivity contribution in [2.45, 2.75) is 59.7 Å². The van der Waals surface area contributed by atoms with Crippen LogP contribution in [0.2, 0.25) is 0 Å². The van der Waals surface area contributed by atoms with Crippen LogP contribution in [0.1, 0.15) is 34.6 Å². The van der Waals surface area contributed by atoms with Crippen molar-refractivity contribution in [3.05, 3.63) is 0 Å². The van der Waals surface area contributed by atoms with E-state index < -0.39 is 99.3 Å². The van der Waals surface area contributed by atoms with Crippen molar-refractivity contribution in [1.82, 2.24) is 0 Å². The van der Waals surface area contributed by atoms with Crippen molar-refractivity contribution in [2.24, 2.45) is 0 Å². The summed E-state index contributed by atoms with van der Waals surface area (Å²) in [6.45, 7) is -9.30. The lowest BCUT2D eigenvalue weighted by atomic mass is 10.8. The molecule has 0 aromatic carbocycles. The molecule has 1 nitrogen and oxygen atoms in total. The first-order valence-electron chi connectivity index (χ1n) is 13.2. The predicted octanol–water partition coefficient (Wildman–Crippen LogP) is 14.8. The molecule has 0 aromatic heterocycles. The number of halogens is 29. The third-order valence-electron chi connectivity index (χ3n) is 0.813. The van der Waals surface area contributed by atoms with Crippen LogP contribution < -0.4 is 0 Å². The Labute approximate surface area is 300 Å². The van der Waals surface area contributed by atoms with E-state index in [1.165, 1.54) is 27.7 Å². The molecule has 1 unspecified atom stereocenters. The van der Waals surface area contributed by atoms with Gasteiger partial charge in [-0.25, -0.2) is 65.9 Å². The summed E-state index contributed by atoms with van der Waals surface area (Å²) in [6, 6.07) is 0. The molecule has 0 fully saturated rings. The zero-order valence-corrected chi connectivity index (χ0v) is 30.1. The molecule has 30 heteroatoms. The summed E-state index contributed by atoms with van der Waals surface area (Å²) in [5.41, 5.74) is 0. The van der Waals surface area contributed by atoms with Gasteiger partial charge in [-0.05, 0) is 34.6 Å². The van der Waals surface area contributed by atoms with E-state index in [0.717, 1.165) is 0 Å². The van der Waals surface area contributed by atoms with Crippen LogP contribution in [-0.4, -0.2) is 133 Å². The van der Waals surface area contributed by atoms with Crippen molar-refractivity contribution in [1.29, 1.82) is 0 Å². The Morgan fingerprint density at radius 3 is 0.455 bits per heavy atom. The second-order valence-corrected chi connectivity index (χ2v) is 5.11. The summed E-state index contributed by atoms with van der Waals surface area (Å²) in [6.07, 6.45) is -16.4. The van der Waals surface area contributed by atoms with Crippen molar-refractivity contribution in [2.75, 3.05) is 108 Å². The smallest absolute Gasteiger partial charge is 0.257 e.